The monoisotopic (exact) mass is 360 g/mol. The first kappa shape index (κ1) is 18.3. The number of aryl methyl sites for hydroxylation is 2. The molecule has 0 aliphatic heterocycles. The quantitative estimate of drug-likeness (QED) is 0.731. The van der Waals surface area contributed by atoms with Crippen molar-refractivity contribution in [1.82, 2.24) is 15.3 Å². The van der Waals surface area contributed by atoms with Crippen molar-refractivity contribution in [2.45, 2.75) is 20.4 Å². The van der Waals surface area contributed by atoms with Crippen LogP contribution >= 0.6 is 0 Å². The van der Waals surface area contributed by atoms with Crippen LogP contribution in [0.5, 0.6) is 0 Å². The van der Waals surface area contributed by atoms with E-state index in [1.165, 1.54) is 18.5 Å². The molecule has 2 N–H and O–H groups in total. The summed E-state index contributed by atoms with van der Waals surface area (Å²) in [7, 11) is 0. The Bertz CT molecular complexity index is 951. The van der Waals surface area contributed by atoms with Gasteiger partial charge in [0, 0.05) is 24.3 Å². The standard InChI is InChI=1S/C21H20N4O2/c1-14-7-15(2)9-19(8-14)25-21(27)17-10-16(11-22-12-17)20(26)24-13-18-5-3-4-6-23-18/h3-12H,13H2,1-2H3,(H,24,26)(H,25,27). The molecule has 0 aliphatic rings. The molecule has 6 heteroatoms. The Labute approximate surface area is 157 Å². The van der Waals surface area contributed by atoms with Crippen molar-refractivity contribution in [3.63, 3.8) is 0 Å². The van der Waals surface area contributed by atoms with Crippen molar-refractivity contribution in [3.05, 3.63) is 89.0 Å². The van der Waals surface area contributed by atoms with Crippen LogP contribution < -0.4 is 10.6 Å². The lowest BCUT2D eigenvalue weighted by molar-refractivity contribution is 0.0950. The molecule has 0 radical (unpaired) electrons. The van der Waals surface area contributed by atoms with Crippen LogP contribution in [-0.2, 0) is 6.54 Å². The maximum atomic E-state index is 12.5. The molecule has 0 fully saturated rings. The molecule has 1 aromatic carbocycles. The van der Waals surface area contributed by atoms with Gasteiger partial charge in [-0.1, -0.05) is 12.1 Å². The van der Waals surface area contributed by atoms with Crippen LogP contribution in [0.2, 0.25) is 0 Å². The molecule has 0 spiro atoms. The topological polar surface area (TPSA) is 84.0 Å². The first-order chi connectivity index (χ1) is 13.0. The van der Waals surface area contributed by atoms with E-state index in [0.717, 1.165) is 16.8 Å². The number of carbonyl (C=O) groups excluding carboxylic acids is 2. The summed E-state index contributed by atoms with van der Waals surface area (Å²) in [4.78, 5) is 33.0. The fourth-order valence-electron chi connectivity index (χ4n) is 2.71. The number of hydrogen-bond donors (Lipinski definition) is 2. The van der Waals surface area contributed by atoms with E-state index in [1.807, 2.05) is 50.2 Å². The Morgan fingerprint density at radius 2 is 1.63 bits per heavy atom. The van der Waals surface area contributed by atoms with E-state index >= 15 is 0 Å². The normalized spacial score (nSPS) is 10.3. The average Bonchev–Trinajstić information content (AvgIpc) is 2.66. The van der Waals surface area contributed by atoms with E-state index < -0.39 is 0 Å². The van der Waals surface area contributed by atoms with E-state index in [-0.39, 0.29) is 11.8 Å². The lowest BCUT2D eigenvalue weighted by atomic mass is 10.1. The molecule has 3 aromatic rings. The van der Waals surface area contributed by atoms with Gasteiger partial charge in [0.15, 0.2) is 0 Å². The summed E-state index contributed by atoms with van der Waals surface area (Å²) in [5.74, 6) is -0.624. The lowest BCUT2D eigenvalue weighted by Gasteiger charge is -2.09. The minimum absolute atomic E-state index is 0.304. The van der Waals surface area contributed by atoms with Gasteiger partial charge in [-0.25, -0.2) is 0 Å². The van der Waals surface area contributed by atoms with Crippen LogP contribution in [0.1, 0.15) is 37.5 Å². The minimum atomic E-state index is -0.313. The number of hydrogen-bond acceptors (Lipinski definition) is 4. The predicted molar refractivity (Wildman–Crippen MR) is 104 cm³/mol. The largest absolute Gasteiger partial charge is 0.346 e. The molecule has 0 saturated heterocycles. The third-order valence-corrected chi connectivity index (χ3v) is 3.90. The summed E-state index contributed by atoms with van der Waals surface area (Å²) in [5, 5.41) is 5.62. The molecule has 0 saturated carbocycles. The molecule has 2 amide bonds. The molecular formula is C21H20N4O2. The third-order valence-electron chi connectivity index (χ3n) is 3.90. The molecular weight excluding hydrogens is 340 g/mol. The Kier molecular flexibility index (Phi) is 5.56. The molecule has 0 atom stereocenters. The molecule has 136 valence electrons. The van der Waals surface area contributed by atoms with Crippen molar-refractivity contribution in [1.29, 1.82) is 0 Å². The number of anilines is 1. The zero-order valence-corrected chi connectivity index (χ0v) is 15.2. The Morgan fingerprint density at radius 3 is 2.30 bits per heavy atom. The smallest absolute Gasteiger partial charge is 0.257 e. The summed E-state index contributed by atoms with van der Waals surface area (Å²) in [5.41, 5.74) is 4.22. The second-order valence-electron chi connectivity index (χ2n) is 6.30. The highest BCUT2D eigenvalue weighted by Gasteiger charge is 2.12. The van der Waals surface area contributed by atoms with Gasteiger partial charge >= 0.3 is 0 Å². The SMILES string of the molecule is Cc1cc(C)cc(NC(=O)c2cncc(C(=O)NCc3ccccn3)c2)c1. The Morgan fingerprint density at radius 1 is 0.926 bits per heavy atom. The highest BCUT2D eigenvalue weighted by atomic mass is 16.2. The first-order valence-electron chi connectivity index (χ1n) is 8.54. The van der Waals surface area contributed by atoms with Gasteiger partial charge < -0.3 is 10.6 Å². The van der Waals surface area contributed by atoms with E-state index in [4.69, 9.17) is 0 Å². The Balaban J connectivity index is 1.68. The fraction of sp³-hybridized carbons (Fsp3) is 0.143. The molecule has 0 unspecified atom stereocenters. The maximum absolute atomic E-state index is 12.5. The number of rotatable bonds is 5. The maximum Gasteiger partial charge on any atom is 0.257 e. The van der Waals surface area contributed by atoms with Crippen molar-refractivity contribution in [3.8, 4) is 0 Å². The predicted octanol–water partition coefficient (Wildman–Crippen LogP) is 3.28. The molecule has 2 heterocycles. The van der Waals surface area contributed by atoms with Crippen molar-refractivity contribution in [2.75, 3.05) is 5.32 Å². The number of carbonyl (C=O) groups is 2. The second kappa shape index (κ2) is 8.23. The van der Waals surface area contributed by atoms with Gasteiger partial charge in [0.25, 0.3) is 11.8 Å². The number of benzene rings is 1. The van der Waals surface area contributed by atoms with Gasteiger partial charge in [-0.3, -0.25) is 19.6 Å². The third kappa shape index (κ3) is 4.98. The van der Waals surface area contributed by atoms with Gasteiger partial charge in [-0.05, 0) is 55.3 Å². The zero-order chi connectivity index (χ0) is 19.2. The lowest BCUT2D eigenvalue weighted by Crippen LogP contribution is -2.24. The number of pyridine rings is 2. The summed E-state index contributed by atoms with van der Waals surface area (Å²) < 4.78 is 0. The molecule has 6 nitrogen and oxygen atoms in total. The van der Waals surface area contributed by atoms with Crippen LogP contribution in [0.3, 0.4) is 0 Å². The van der Waals surface area contributed by atoms with Crippen LogP contribution in [0.25, 0.3) is 0 Å². The van der Waals surface area contributed by atoms with E-state index in [0.29, 0.717) is 23.4 Å². The van der Waals surface area contributed by atoms with Crippen LogP contribution in [0, 0.1) is 13.8 Å². The van der Waals surface area contributed by atoms with Crippen LogP contribution in [0.15, 0.2) is 61.1 Å². The van der Waals surface area contributed by atoms with Gasteiger partial charge in [0.05, 0.1) is 23.4 Å². The number of amides is 2. The first-order valence-corrected chi connectivity index (χ1v) is 8.54. The summed E-state index contributed by atoms with van der Waals surface area (Å²) >= 11 is 0. The van der Waals surface area contributed by atoms with Crippen molar-refractivity contribution in [2.24, 2.45) is 0 Å². The van der Waals surface area contributed by atoms with E-state index in [9.17, 15) is 9.59 Å². The van der Waals surface area contributed by atoms with Gasteiger partial charge in [0.1, 0.15) is 0 Å². The second-order valence-corrected chi connectivity index (χ2v) is 6.30. The molecule has 0 bridgehead atoms. The molecule has 3 rings (SSSR count). The zero-order valence-electron chi connectivity index (χ0n) is 15.2. The number of nitrogens with one attached hydrogen (secondary N) is 2. The van der Waals surface area contributed by atoms with Gasteiger partial charge in [-0.2, -0.15) is 0 Å². The molecule has 27 heavy (non-hydrogen) atoms. The number of aromatic nitrogens is 2. The van der Waals surface area contributed by atoms with Gasteiger partial charge in [-0.15, -0.1) is 0 Å². The van der Waals surface area contributed by atoms with Crippen LogP contribution in [-0.4, -0.2) is 21.8 Å². The minimum Gasteiger partial charge on any atom is -0.346 e. The fourth-order valence-corrected chi connectivity index (χ4v) is 2.71. The average molecular weight is 360 g/mol. The highest BCUT2D eigenvalue weighted by Crippen LogP contribution is 2.15. The van der Waals surface area contributed by atoms with Crippen molar-refractivity contribution >= 4 is 17.5 Å². The highest BCUT2D eigenvalue weighted by molar-refractivity contribution is 6.05. The van der Waals surface area contributed by atoms with Crippen LogP contribution in [0.4, 0.5) is 5.69 Å². The summed E-state index contributed by atoms with van der Waals surface area (Å²) in [6, 6.07) is 12.8. The Hall–Kier alpha value is -3.54. The van der Waals surface area contributed by atoms with E-state index in [2.05, 4.69) is 20.6 Å². The van der Waals surface area contributed by atoms with Gasteiger partial charge in [0.2, 0.25) is 0 Å². The molecule has 0 aliphatic carbocycles. The van der Waals surface area contributed by atoms with E-state index in [1.54, 1.807) is 6.20 Å². The summed E-state index contributed by atoms with van der Waals surface area (Å²) in [6.07, 6.45) is 4.54. The number of nitrogens with zero attached hydrogens (tertiary/aromatic N) is 2. The van der Waals surface area contributed by atoms with Crippen molar-refractivity contribution < 1.29 is 9.59 Å². The molecule has 2 aromatic heterocycles. The summed E-state index contributed by atoms with van der Waals surface area (Å²) in [6.45, 7) is 4.24.